The molecule has 23 heavy (non-hydrogen) atoms. The normalized spacial score (nSPS) is 40.4. The average Bonchev–Trinajstić information content (AvgIpc) is 3.17. The van der Waals surface area contributed by atoms with Crippen LogP contribution in [0.1, 0.15) is 31.7 Å². The molecule has 3 heterocycles. The number of hydrogen-bond donors (Lipinski definition) is 2. The molecule has 1 aromatic rings. The zero-order chi connectivity index (χ0) is 16.0. The molecule has 1 saturated carbocycles. The van der Waals surface area contributed by atoms with Gasteiger partial charge in [-0.05, 0) is 18.9 Å². The van der Waals surface area contributed by atoms with Crippen LogP contribution in [0.15, 0.2) is 18.5 Å². The van der Waals surface area contributed by atoms with Crippen molar-refractivity contribution in [3.63, 3.8) is 0 Å². The lowest BCUT2D eigenvalue weighted by Gasteiger charge is -2.41. The summed E-state index contributed by atoms with van der Waals surface area (Å²) in [6.45, 7) is 0.389. The van der Waals surface area contributed by atoms with E-state index in [9.17, 15) is 13.9 Å². The maximum atomic E-state index is 13.3. The van der Waals surface area contributed by atoms with Gasteiger partial charge in [-0.2, -0.15) is 5.10 Å². The van der Waals surface area contributed by atoms with Gasteiger partial charge in [0, 0.05) is 31.3 Å². The molecule has 3 aliphatic rings. The highest BCUT2D eigenvalue weighted by molar-refractivity contribution is 5.02. The van der Waals surface area contributed by atoms with Crippen LogP contribution in [-0.4, -0.2) is 58.0 Å². The predicted octanol–water partition coefficient (Wildman–Crippen LogP) is 1.08. The number of ether oxygens (including phenoxy) is 2. The van der Waals surface area contributed by atoms with E-state index in [1.165, 1.54) is 0 Å². The fraction of sp³-hybridized carbons (Fsp3) is 0.800. The Morgan fingerprint density at radius 2 is 2.09 bits per heavy atom. The van der Waals surface area contributed by atoms with Crippen molar-refractivity contribution < 1.29 is 23.4 Å². The van der Waals surface area contributed by atoms with E-state index in [2.05, 4.69) is 10.4 Å². The smallest absolute Gasteiger partial charge is 0.248 e. The van der Waals surface area contributed by atoms with Crippen molar-refractivity contribution in [3.05, 3.63) is 18.5 Å². The Morgan fingerprint density at radius 1 is 1.30 bits per heavy atom. The molecule has 128 valence electrons. The van der Waals surface area contributed by atoms with Gasteiger partial charge in [-0.15, -0.1) is 0 Å². The fourth-order valence-electron chi connectivity index (χ4n) is 3.82. The van der Waals surface area contributed by atoms with E-state index in [4.69, 9.17) is 9.47 Å². The number of aliphatic hydroxyl groups excluding tert-OH is 1. The zero-order valence-corrected chi connectivity index (χ0v) is 12.6. The Morgan fingerprint density at radius 3 is 2.78 bits per heavy atom. The van der Waals surface area contributed by atoms with Crippen LogP contribution in [0.3, 0.4) is 0 Å². The van der Waals surface area contributed by atoms with Crippen LogP contribution in [0.25, 0.3) is 0 Å². The Balaban J connectivity index is 1.47. The maximum absolute atomic E-state index is 13.3. The predicted molar refractivity (Wildman–Crippen MR) is 76.0 cm³/mol. The average molecular weight is 329 g/mol. The molecule has 1 aliphatic carbocycles. The number of nitrogens with zero attached hydrogens (tertiary/aromatic N) is 2. The molecule has 0 amide bonds. The van der Waals surface area contributed by atoms with Crippen LogP contribution in [0.4, 0.5) is 8.78 Å². The van der Waals surface area contributed by atoms with Gasteiger partial charge in [0.25, 0.3) is 0 Å². The van der Waals surface area contributed by atoms with Crippen molar-refractivity contribution in [2.24, 2.45) is 0 Å². The first-order chi connectivity index (χ1) is 11.0. The molecule has 0 aromatic carbocycles. The molecular formula is C15H21F2N3O3. The summed E-state index contributed by atoms with van der Waals surface area (Å²) in [6, 6.07) is 0.957. The molecule has 0 spiro atoms. The van der Waals surface area contributed by atoms with Crippen molar-refractivity contribution in [1.29, 1.82) is 0 Å². The second-order valence-electron chi connectivity index (χ2n) is 6.67. The van der Waals surface area contributed by atoms with E-state index in [-0.39, 0.29) is 31.0 Å². The Kier molecular flexibility index (Phi) is 3.87. The number of halogens is 2. The van der Waals surface area contributed by atoms with Crippen LogP contribution in [-0.2, 0) is 9.47 Å². The number of fused-ring (bicyclic) bond motifs is 2. The molecule has 2 aliphatic heterocycles. The molecule has 6 nitrogen and oxygen atoms in total. The van der Waals surface area contributed by atoms with Crippen molar-refractivity contribution >= 4 is 0 Å². The summed E-state index contributed by atoms with van der Waals surface area (Å²) in [7, 11) is 0. The number of alkyl halides is 2. The Bertz CT molecular complexity index is 532. The Labute approximate surface area is 132 Å². The standard InChI is InChI=1S/C15H21F2N3O3/c16-15(17)4-2-9(3-5-15)19-11-10-8-22-14(23-10)12(13(11)21)20-7-1-6-18-20/h1,6-7,9-14,19,21H,2-5,8H2. The van der Waals surface area contributed by atoms with E-state index >= 15 is 0 Å². The van der Waals surface area contributed by atoms with E-state index in [0.717, 1.165) is 0 Å². The van der Waals surface area contributed by atoms with Crippen molar-refractivity contribution in [2.75, 3.05) is 6.61 Å². The molecule has 0 radical (unpaired) electrons. The number of nitrogens with one attached hydrogen (secondary N) is 1. The lowest BCUT2D eigenvalue weighted by molar-refractivity contribution is -0.170. The van der Waals surface area contributed by atoms with Crippen molar-refractivity contribution in [2.45, 2.75) is 68.2 Å². The van der Waals surface area contributed by atoms with E-state index < -0.39 is 24.4 Å². The largest absolute Gasteiger partial charge is 0.389 e. The van der Waals surface area contributed by atoms with E-state index in [1.807, 2.05) is 0 Å². The van der Waals surface area contributed by atoms with Crippen LogP contribution in [0.2, 0.25) is 0 Å². The van der Waals surface area contributed by atoms with Gasteiger partial charge >= 0.3 is 0 Å². The summed E-state index contributed by atoms with van der Waals surface area (Å²) >= 11 is 0. The van der Waals surface area contributed by atoms with Gasteiger partial charge in [0.1, 0.15) is 12.1 Å². The first kappa shape index (κ1) is 15.4. The summed E-state index contributed by atoms with van der Waals surface area (Å²) in [5, 5.41) is 18.3. The summed E-state index contributed by atoms with van der Waals surface area (Å²) in [5.74, 6) is -2.56. The number of hydrogen-bond acceptors (Lipinski definition) is 5. The third kappa shape index (κ3) is 2.88. The summed E-state index contributed by atoms with van der Waals surface area (Å²) in [5.41, 5.74) is 0. The highest BCUT2D eigenvalue weighted by Gasteiger charge is 2.52. The maximum Gasteiger partial charge on any atom is 0.248 e. The first-order valence-corrected chi connectivity index (χ1v) is 8.12. The second-order valence-corrected chi connectivity index (χ2v) is 6.67. The summed E-state index contributed by atoms with van der Waals surface area (Å²) in [4.78, 5) is 0. The van der Waals surface area contributed by atoms with Crippen molar-refractivity contribution in [3.8, 4) is 0 Å². The number of aliphatic hydroxyl groups is 1. The summed E-state index contributed by atoms with van der Waals surface area (Å²) < 4.78 is 39.7. The topological polar surface area (TPSA) is 68.5 Å². The van der Waals surface area contributed by atoms with Gasteiger partial charge in [0.15, 0.2) is 6.29 Å². The molecule has 2 N–H and O–H groups in total. The van der Waals surface area contributed by atoms with Crippen LogP contribution in [0.5, 0.6) is 0 Å². The fourth-order valence-corrected chi connectivity index (χ4v) is 3.82. The molecule has 2 bridgehead atoms. The molecule has 5 atom stereocenters. The quantitative estimate of drug-likeness (QED) is 0.868. The minimum Gasteiger partial charge on any atom is -0.389 e. The third-order valence-corrected chi connectivity index (χ3v) is 5.11. The molecule has 8 heteroatoms. The van der Waals surface area contributed by atoms with E-state index in [0.29, 0.717) is 19.4 Å². The van der Waals surface area contributed by atoms with Gasteiger partial charge in [-0.3, -0.25) is 4.68 Å². The monoisotopic (exact) mass is 329 g/mol. The third-order valence-electron chi connectivity index (χ3n) is 5.11. The minimum absolute atomic E-state index is 0.0340. The lowest BCUT2D eigenvalue weighted by Crippen LogP contribution is -2.60. The molecule has 5 unspecified atom stereocenters. The SMILES string of the molecule is OC1C(NC2CCC(F)(F)CC2)C2COC(O2)C1n1cccn1. The highest BCUT2D eigenvalue weighted by Crippen LogP contribution is 2.37. The highest BCUT2D eigenvalue weighted by atomic mass is 19.3. The number of aromatic nitrogens is 2. The molecule has 3 fully saturated rings. The summed E-state index contributed by atoms with van der Waals surface area (Å²) in [6.07, 6.45) is 2.45. The van der Waals surface area contributed by atoms with Gasteiger partial charge in [0.05, 0.1) is 18.8 Å². The van der Waals surface area contributed by atoms with Gasteiger partial charge in [-0.1, -0.05) is 0 Å². The van der Waals surface area contributed by atoms with Gasteiger partial charge < -0.3 is 19.9 Å². The van der Waals surface area contributed by atoms with Crippen LogP contribution >= 0.6 is 0 Å². The molecule has 4 rings (SSSR count). The first-order valence-electron chi connectivity index (χ1n) is 8.12. The van der Waals surface area contributed by atoms with Crippen molar-refractivity contribution in [1.82, 2.24) is 15.1 Å². The molecule has 2 saturated heterocycles. The molecule has 1 aromatic heterocycles. The second kappa shape index (κ2) is 5.77. The minimum atomic E-state index is -2.56. The zero-order valence-electron chi connectivity index (χ0n) is 12.6. The van der Waals surface area contributed by atoms with Crippen LogP contribution in [0, 0.1) is 0 Å². The van der Waals surface area contributed by atoms with E-state index in [1.54, 1.807) is 23.1 Å². The van der Waals surface area contributed by atoms with Gasteiger partial charge in [-0.25, -0.2) is 8.78 Å². The molecular weight excluding hydrogens is 308 g/mol. The lowest BCUT2D eigenvalue weighted by atomic mass is 9.89. The number of rotatable bonds is 3. The van der Waals surface area contributed by atoms with Gasteiger partial charge in [0.2, 0.25) is 5.92 Å². The Hall–Kier alpha value is -1.09. The van der Waals surface area contributed by atoms with Crippen LogP contribution < -0.4 is 5.32 Å².